The van der Waals surface area contributed by atoms with Gasteiger partial charge in [-0.1, -0.05) is 6.08 Å². The van der Waals surface area contributed by atoms with Crippen LogP contribution >= 0.6 is 0 Å². The third-order valence-electron chi connectivity index (χ3n) is 1.23. The molecule has 0 aromatic rings. The standard InChI is InChI=1S/C5H7NO2/c7-6(8)4-5-2-1-3-5/h2H,1,3-4H2. The summed E-state index contributed by atoms with van der Waals surface area (Å²) in [5.74, 6) is 0. The number of nitro groups is 1. The van der Waals surface area contributed by atoms with E-state index in [-0.39, 0.29) is 11.5 Å². The molecule has 0 amide bonds. The minimum Gasteiger partial charge on any atom is -0.264 e. The molecule has 0 heterocycles. The molecule has 0 saturated heterocycles. The van der Waals surface area contributed by atoms with Gasteiger partial charge in [-0.3, -0.25) is 10.1 Å². The molecule has 0 aromatic heterocycles. The number of rotatable bonds is 2. The Morgan fingerprint density at radius 1 is 1.88 bits per heavy atom. The first-order valence-corrected chi connectivity index (χ1v) is 2.59. The molecule has 44 valence electrons. The highest BCUT2D eigenvalue weighted by Crippen LogP contribution is 2.16. The Kier molecular flexibility index (Phi) is 1.28. The van der Waals surface area contributed by atoms with E-state index in [1.807, 2.05) is 6.08 Å². The van der Waals surface area contributed by atoms with Crippen molar-refractivity contribution in [3.8, 4) is 0 Å². The minimum atomic E-state index is -0.287. The molecule has 8 heavy (non-hydrogen) atoms. The van der Waals surface area contributed by atoms with Crippen molar-refractivity contribution < 1.29 is 4.92 Å². The number of nitrogens with zero attached hydrogens (tertiary/aromatic N) is 1. The van der Waals surface area contributed by atoms with Crippen molar-refractivity contribution in [2.75, 3.05) is 6.54 Å². The maximum absolute atomic E-state index is 9.77. The minimum absolute atomic E-state index is 0.0556. The van der Waals surface area contributed by atoms with Gasteiger partial charge in [-0.2, -0.15) is 0 Å². The van der Waals surface area contributed by atoms with Crippen molar-refractivity contribution in [3.63, 3.8) is 0 Å². The monoisotopic (exact) mass is 113 g/mol. The van der Waals surface area contributed by atoms with E-state index in [1.165, 1.54) is 0 Å². The molecule has 0 unspecified atom stereocenters. The van der Waals surface area contributed by atoms with Gasteiger partial charge in [0.05, 0.1) is 0 Å². The van der Waals surface area contributed by atoms with Crippen LogP contribution in [0.4, 0.5) is 0 Å². The van der Waals surface area contributed by atoms with Crippen LogP contribution in [0.25, 0.3) is 0 Å². The van der Waals surface area contributed by atoms with Gasteiger partial charge in [0.25, 0.3) is 0 Å². The molecule has 0 fully saturated rings. The highest BCUT2D eigenvalue weighted by molar-refractivity contribution is 5.11. The predicted molar refractivity (Wildman–Crippen MR) is 29.2 cm³/mol. The maximum Gasteiger partial charge on any atom is 0.224 e. The molecule has 1 rings (SSSR count). The van der Waals surface area contributed by atoms with Crippen molar-refractivity contribution in [2.24, 2.45) is 0 Å². The molecule has 0 bridgehead atoms. The second-order valence-corrected chi connectivity index (χ2v) is 1.89. The third kappa shape index (κ3) is 1.05. The Hall–Kier alpha value is -0.860. The number of hydrogen-bond acceptors (Lipinski definition) is 2. The van der Waals surface area contributed by atoms with Gasteiger partial charge in [0.15, 0.2) is 0 Å². The van der Waals surface area contributed by atoms with Crippen molar-refractivity contribution >= 4 is 0 Å². The zero-order chi connectivity index (χ0) is 5.98. The van der Waals surface area contributed by atoms with E-state index in [2.05, 4.69) is 0 Å². The molecule has 0 atom stereocenters. The van der Waals surface area contributed by atoms with Gasteiger partial charge in [-0.25, -0.2) is 0 Å². The average Bonchev–Trinajstić information content (AvgIpc) is 1.55. The van der Waals surface area contributed by atoms with Crippen LogP contribution in [0, 0.1) is 10.1 Å². The Morgan fingerprint density at radius 3 is 2.62 bits per heavy atom. The Balaban J connectivity index is 2.29. The molecule has 1 aliphatic rings. The van der Waals surface area contributed by atoms with E-state index in [0.29, 0.717) is 0 Å². The Morgan fingerprint density at radius 2 is 2.50 bits per heavy atom. The van der Waals surface area contributed by atoms with Gasteiger partial charge >= 0.3 is 0 Å². The van der Waals surface area contributed by atoms with Crippen molar-refractivity contribution in [3.05, 3.63) is 21.8 Å². The maximum atomic E-state index is 9.77. The fraction of sp³-hybridized carbons (Fsp3) is 0.600. The Labute approximate surface area is 47.2 Å². The smallest absolute Gasteiger partial charge is 0.224 e. The van der Waals surface area contributed by atoms with Gasteiger partial charge in [-0.15, -0.1) is 0 Å². The first-order chi connectivity index (χ1) is 3.79. The molecule has 0 saturated carbocycles. The van der Waals surface area contributed by atoms with Gasteiger partial charge in [-0.05, 0) is 18.4 Å². The SMILES string of the molecule is O=[N+]([O-])CC1=CCC1. The lowest BCUT2D eigenvalue weighted by Gasteiger charge is -2.07. The lowest BCUT2D eigenvalue weighted by atomic mass is 10.00. The van der Waals surface area contributed by atoms with E-state index in [9.17, 15) is 10.1 Å². The van der Waals surface area contributed by atoms with Gasteiger partial charge in [0.2, 0.25) is 6.54 Å². The third-order valence-corrected chi connectivity index (χ3v) is 1.23. The summed E-state index contributed by atoms with van der Waals surface area (Å²) < 4.78 is 0. The molecular weight excluding hydrogens is 106 g/mol. The van der Waals surface area contributed by atoms with E-state index in [0.717, 1.165) is 18.4 Å². The fourth-order valence-corrected chi connectivity index (χ4v) is 0.658. The first kappa shape index (κ1) is 5.28. The topological polar surface area (TPSA) is 43.1 Å². The van der Waals surface area contributed by atoms with Crippen LogP contribution in [0.3, 0.4) is 0 Å². The molecular formula is C5H7NO2. The second kappa shape index (κ2) is 1.94. The number of hydrogen-bond donors (Lipinski definition) is 0. The molecule has 3 heteroatoms. The summed E-state index contributed by atoms with van der Waals surface area (Å²) in [7, 11) is 0. The van der Waals surface area contributed by atoms with Crippen LogP contribution in [0.2, 0.25) is 0 Å². The highest BCUT2D eigenvalue weighted by Gasteiger charge is 2.10. The van der Waals surface area contributed by atoms with E-state index < -0.39 is 0 Å². The highest BCUT2D eigenvalue weighted by atomic mass is 16.6. The van der Waals surface area contributed by atoms with Crippen molar-refractivity contribution in [1.29, 1.82) is 0 Å². The largest absolute Gasteiger partial charge is 0.264 e. The van der Waals surface area contributed by atoms with Crippen molar-refractivity contribution in [2.45, 2.75) is 12.8 Å². The molecule has 0 aliphatic heterocycles. The summed E-state index contributed by atoms with van der Waals surface area (Å²) in [4.78, 5) is 9.48. The summed E-state index contributed by atoms with van der Waals surface area (Å²) in [5.41, 5.74) is 0.981. The van der Waals surface area contributed by atoms with Gasteiger partial charge in [0, 0.05) is 4.92 Å². The average molecular weight is 113 g/mol. The summed E-state index contributed by atoms with van der Waals surface area (Å²) in [6.07, 6.45) is 3.88. The van der Waals surface area contributed by atoms with Crippen LogP contribution in [-0.2, 0) is 0 Å². The molecule has 0 N–H and O–H groups in total. The molecule has 1 aliphatic carbocycles. The molecule has 0 radical (unpaired) electrons. The summed E-state index contributed by atoms with van der Waals surface area (Å²) in [6, 6.07) is 0. The predicted octanol–water partition coefficient (Wildman–Crippen LogP) is 0.983. The van der Waals surface area contributed by atoms with E-state index in [1.54, 1.807) is 0 Å². The quantitative estimate of drug-likeness (QED) is 0.304. The lowest BCUT2D eigenvalue weighted by molar-refractivity contribution is -0.471. The van der Waals surface area contributed by atoms with Crippen LogP contribution in [-0.4, -0.2) is 11.5 Å². The molecule has 0 spiro atoms. The van der Waals surface area contributed by atoms with Crippen LogP contribution in [0.15, 0.2) is 11.6 Å². The number of allylic oxidation sites excluding steroid dienone is 1. The lowest BCUT2D eigenvalue weighted by Crippen LogP contribution is -2.08. The van der Waals surface area contributed by atoms with Crippen LogP contribution in [0.1, 0.15) is 12.8 Å². The fourth-order valence-electron chi connectivity index (χ4n) is 0.658. The zero-order valence-corrected chi connectivity index (χ0v) is 4.46. The van der Waals surface area contributed by atoms with Crippen LogP contribution < -0.4 is 0 Å². The molecule has 3 nitrogen and oxygen atoms in total. The van der Waals surface area contributed by atoms with Crippen molar-refractivity contribution in [1.82, 2.24) is 0 Å². The molecule has 0 aromatic carbocycles. The van der Waals surface area contributed by atoms with Crippen LogP contribution in [0.5, 0.6) is 0 Å². The normalized spacial score (nSPS) is 16.8. The second-order valence-electron chi connectivity index (χ2n) is 1.89. The van der Waals surface area contributed by atoms with E-state index in [4.69, 9.17) is 0 Å². The zero-order valence-electron chi connectivity index (χ0n) is 4.46. The first-order valence-electron chi connectivity index (χ1n) is 2.59. The Bertz CT molecular complexity index is 139. The van der Waals surface area contributed by atoms with Gasteiger partial charge < -0.3 is 0 Å². The summed E-state index contributed by atoms with van der Waals surface area (Å²) in [5, 5.41) is 9.77. The summed E-state index contributed by atoms with van der Waals surface area (Å²) in [6.45, 7) is 0.0556. The summed E-state index contributed by atoms with van der Waals surface area (Å²) >= 11 is 0. The van der Waals surface area contributed by atoms with Gasteiger partial charge in [0.1, 0.15) is 0 Å². The van der Waals surface area contributed by atoms with E-state index >= 15 is 0 Å².